The van der Waals surface area contributed by atoms with E-state index in [1.807, 2.05) is 52.8 Å². The van der Waals surface area contributed by atoms with E-state index in [0.29, 0.717) is 31.2 Å². The average Bonchev–Trinajstić information content (AvgIpc) is 2.53. The molecule has 0 aromatic heterocycles. The third-order valence-corrected chi connectivity index (χ3v) is 3.48. The van der Waals surface area contributed by atoms with Gasteiger partial charge in [-0.05, 0) is 60.2 Å². The third-order valence-electron chi connectivity index (χ3n) is 3.48. The zero-order valence-electron chi connectivity index (χ0n) is 18.5. The molecule has 0 aliphatic heterocycles. The number of allylic oxidation sites excluding steroid dienone is 3. The van der Waals surface area contributed by atoms with Crippen LogP contribution in [0.5, 0.6) is 0 Å². The second kappa shape index (κ2) is 12.8. The van der Waals surface area contributed by atoms with Crippen molar-refractivity contribution in [3.8, 4) is 0 Å². The van der Waals surface area contributed by atoms with Gasteiger partial charge in [0.25, 0.3) is 0 Å². The lowest BCUT2D eigenvalue weighted by Gasteiger charge is -2.27. The Morgan fingerprint density at radius 1 is 1.30 bits per heavy atom. The van der Waals surface area contributed by atoms with Crippen molar-refractivity contribution in [2.75, 3.05) is 40.3 Å². The molecule has 1 rings (SSSR count). The molecule has 27 heavy (non-hydrogen) atoms. The Balaban J connectivity index is 0.000000501. The Morgan fingerprint density at radius 2 is 1.93 bits per heavy atom. The number of hydrogen-bond donors (Lipinski definition) is 0. The van der Waals surface area contributed by atoms with Crippen LogP contribution in [0.1, 0.15) is 54.4 Å². The number of halogens is 1. The fraction of sp³-hybridized carbons (Fsp3) is 0.762. The number of nitrogens with zero attached hydrogens (tertiary/aromatic N) is 2. The average molecular weight is 387 g/mol. The topological polar surface area (TPSA) is 42.0 Å². The van der Waals surface area contributed by atoms with Gasteiger partial charge in [-0.15, -0.1) is 0 Å². The van der Waals surface area contributed by atoms with Gasteiger partial charge in [-0.1, -0.05) is 19.9 Å². The van der Waals surface area contributed by atoms with Crippen LogP contribution in [0, 0.1) is 5.92 Å². The summed E-state index contributed by atoms with van der Waals surface area (Å²) < 4.78 is 23.6. The lowest BCUT2D eigenvalue weighted by molar-refractivity contribution is 0.0239. The van der Waals surface area contributed by atoms with Crippen LogP contribution < -0.4 is 0 Å². The molecule has 0 atom stereocenters. The molecule has 0 bridgehead atoms. The van der Waals surface area contributed by atoms with Gasteiger partial charge in [0.05, 0.1) is 0 Å². The molecule has 5 nitrogen and oxygen atoms in total. The van der Waals surface area contributed by atoms with Crippen LogP contribution in [0.4, 0.5) is 9.18 Å². The first-order valence-corrected chi connectivity index (χ1v) is 9.76. The smallest absolute Gasteiger partial charge is 0.410 e. The summed E-state index contributed by atoms with van der Waals surface area (Å²) in [6.07, 6.45) is 4.71. The van der Waals surface area contributed by atoms with Crippen LogP contribution in [0.25, 0.3) is 0 Å². The van der Waals surface area contributed by atoms with Gasteiger partial charge in [0.15, 0.2) is 0 Å². The predicted molar refractivity (Wildman–Crippen MR) is 109 cm³/mol. The largest absolute Gasteiger partial charge is 0.490 e. The Labute approximate surface area is 165 Å². The second-order valence-corrected chi connectivity index (χ2v) is 8.27. The van der Waals surface area contributed by atoms with E-state index in [0.717, 1.165) is 19.5 Å². The van der Waals surface area contributed by atoms with E-state index >= 15 is 0 Å². The minimum Gasteiger partial charge on any atom is -0.490 e. The third kappa shape index (κ3) is 13.3. The van der Waals surface area contributed by atoms with Crippen molar-refractivity contribution in [1.82, 2.24) is 9.80 Å². The zero-order chi connectivity index (χ0) is 21.0. The number of hydrogen-bond acceptors (Lipinski definition) is 4. The monoisotopic (exact) mass is 386 g/mol. The number of amides is 1. The molecule has 0 fully saturated rings. The van der Waals surface area contributed by atoms with Crippen molar-refractivity contribution in [3.63, 3.8) is 0 Å². The van der Waals surface area contributed by atoms with E-state index in [1.165, 1.54) is 0 Å². The Kier molecular flexibility index (Phi) is 12.0. The standard InChI is InChI=1S/C11H23NO2.C10H16FNO/c1-7-12(8-9(2)3)10(13)14-11(4,5)6;1-12(2)7-8-13-10-6-4-3-5-9(10)11/h9H,7-8H2,1-6H3;4,6H,3,5,7-8H2,1-2H3. The van der Waals surface area contributed by atoms with Crippen molar-refractivity contribution in [2.45, 2.75) is 60.0 Å². The van der Waals surface area contributed by atoms with E-state index in [2.05, 4.69) is 13.8 Å². The Hall–Kier alpha value is -1.56. The van der Waals surface area contributed by atoms with Crippen LogP contribution >= 0.6 is 0 Å². The number of carbonyl (C=O) groups is 1. The lowest BCUT2D eigenvalue weighted by Crippen LogP contribution is -2.38. The van der Waals surface area contributed by atoms with Gasteiger partial charge < -0.3 is 19.3 Å². The van der Waals surface area contributed by atoms with Crippen molar-refractivity contribution in [1.29, 1.82) is 0 Å². The van der Waals surface area contributed by atoms with Gasteiger partial charge in [0, 0.05) is 26.1 Å². The summed E-state index contributed by atoms with van der Waals surface area (Å²) in [6.45, 7) is 14.6. The van der Waals surface area contributed by atoms with Crippen LogP contribution in [0.15, 0.2) is 23.7 Å². The van der Waals surface area contributed by atoms with Crippen LogP contribution in [-0.2, 0) is 9.47 Å². The molecule has 6 heteroatoms. The van der Waals surface area contributed by atoms with Gasteiger partial charge >= 0.3 is 6.09 Å². The minimum atomic E-state index is -0.401. The Morgan fingerprint density at radius 3 is 2.37 bits per heavy atom. The second-order valence-electron chi connectivity index (χ2n) is 8.27. The highest BCUT2D eigenvalue weighted by molar-refractivity contribution is 5.68. The van der Waals surface area contributed by atoms with Gasteiger partial charge in [-0.25, -0.2) is 9.18 Å². The van der Waals surface area contributed by atoms with Gasteiger partial charge in [0.2, 0.25) is 0 Å². The maximum atomic E-state index is 13.1. The van der Waals surface area contributed by atoms with Gasteiger partial charge in [0.1, 0.15) is 23.8 Å². The quantitative estimate of drug-likeness (QED) is 0.618. The summed E-state index contributed by atoms with van der Waals surface area (Å²) in [5.74, 6) is 0.761. The maximum absolute atomic E-state index is 13.1. The molecule has 0 radical (unpaired) electrons. The fourth-order valence-electron chi connectivity index (χ4n) is 2.18. The molecule has 0 aromatic carbocycles. The van der Waals surface area contributed by atoms with Crippen molar-refractivity contribution in [3.05, 3.63) is 23.7 Å². The molecule has 0 spiro atoms. The van der Waals surface area contributed by atoms with Crippen molar-refractivity contribution in [2.24, 2.45) is 5.92 Å². The summed E-state index contributed by atoms with van der Waals surface area (Å²) in [4.78, 5) is 15.4. The molecular weight excluding hydrogens is 347 g/mol. The van der Waals surface area contributed by atoms with E-state index < -0.39 is 5.60 Å². The highest BCUT2D eigenvalue weighted by Crippen LogP contribution is 2.20. The molecule has 0 N–H and O–H groups in total. The molecule has 0 aromatic rings. The summed E-state index contributed by atoms with van der Waals surface area (Å²) in [7, 11) is 3.93. The number of ether oxygens (including phenoxy) is 2. The summed E-state index contributed by atoms with van der Waals surface area (Å²) in [6, 6.07) is 0. The van der Waals surface area contributed by atoms with Crippen molar-refractivity contribution < 1.29 is 18.7 Å². The number of rotatable bonds is 7. The first-order valence-electron chi connectivity index (χ1n) is 9.76. The predicted octanol–water partition coefficient (Wildman–Crippen LogP) is 5.00. The first-order chi connectivity index (χ1) is 12.5. The number of likely N-dealkylation sites (N-methyl/N-ethyl adjacent to an activating group) is 1. The molecule has 1 amide bonds. The van der Waals surface area contributed by atoms with E-state index in [4.69, 9.17) is 9.47 Å². The maximum Gasteiger partial charge on any atom is 0.410 e. The van der Waals surface area contributed by atoms with Crippen LogP contribution in [0.3, 0.4) is 0 Å². The van der Waals surface area contributed by atoms with E-state index in [1.54, 1.807) is 11.0 Å². The first kappa shape index (κ1) is 25.4. The zero-order valence-corrected chi connectivity index (χ0v) is 18.5. The Bertz CT molecular complexity index is 494. The van der Waals surface area contributed by atoms with Gasteiger partial charge in [-0.2, -0.15) is 0 Å². The molecule has 0 saturated carbocycles. The molecule has 158 valence electrons. The molecule has 0 saturated heterocycles. The molecular formula is C21H39FN2O3. The molecule has 1 aliphatic carbocycles. The van der Waals surface area contributed by atoms with Crippen LogP contribution in [0.2, 0.25) is 0 Å². The number of carbonyl (C=O) groups excluding carboxylic acids is 1. The fourth-order valence-corrected chi connectivity index (χ4v) is 2.18. The van der Waals surface area contributed by atoms with E-state index in [9.17, 15) is 9.18 Å². The SMILES string of the molecule is CCN(CC(C)C)C(=O)OC(C)(C)C.CN(C)CCOC1=C(F)CCC=C1. The summed E-state index contributed by atoms with van der Waals surface area (Å²) >= 11 is 0. The summed E-state index contributed by atoms with van der Waals surface area (Å²) in [5, 5.41) is 0. The lowest BCUT2D eigenvalue weighted by atomic mass is 10.1. The normalized spacial score (nSPS) is 14.2. The van der Waals surface area contributed by atoms with Gasteiger partial charge in [-0.3, -0.25) is 0 Å². The minimum absolute atomic E-state index is 0.124. The van der Waals surface area contributed by atoms with Crippen molar-refractivity contribution >= 4 is 6.09 Å². The van der Waals surface area contributed by atoms with Crippen LogP contribution in [-0.4, -0.2) is 61.8 Å². The van der Waals surface area contributed by atoms with E-state index in [-0.39, 0.29) is 11.9 Å². The molecule has 1 aliphatic rings. The molecule has 0 unspecified atom stereocenters. The molecule has 0 heterocycles. The highest BCUT2D eigenvalue weighted by Gasteiger charge is 2.21. The highest BCUT2D eigenvalue weighted by atomic mass is 19.1. The summed E-state index contributed by atoms with van der Waals surface area (Å²) in [5.41, 5.74) is -0.401.